The third-order valence-electron chi connectivity index (χ3n) is 2.85. The zero-order valence-electron chi connectivity index (χ0n) is 9.74. The van der Waals surface area contributed by atoms with Gasteiger partial charge in [-0.3, -0.25) is 0 Å². The Kier molecular flexibility index (Phi) is 3.82. The average Bonchev–Trinajstić information content (AvgIpc) is 3.04. The summed E-state index contributed by atoms with van der Waals surface area (Å²) in [6, 6.07) is 2.81. The van der Waals surface area contributed by atoms with Gasteiger partial charge in [0.15, 0.2) is 0 Å². The van der Waals surface area contributed by atoms with E-state index in [4.69, 9.17) is 4.74 Å². The van der Waals surface area contributed by atoms with Gasteiger partial charge < -0.3 is 9.64 Å². The fourth-order valence-corrected chi connectivity index (χ4v) is 2.11. The molecule has 0 N–H and O–H groups in total. The molecule has 3 nitrogen and oxygen atoms in total. The Morgan fingerprint density at radius 1 is 1.56 bits per heavy atom. The molecular weight excluding hydrogens is 268 g/mol. The maximum atomic E-state index is 5.67. The van der Waals surface area contributed by atoms with Gasteiger partial charge in [0.1, 0.15) is 6.61 Å². The number of aromatic nitrogens is 1. The number of hydrogen-bond donors (Lipinski definition) is 0. The van der Waals surface area contributed by atoms with Crippen LogP contribution >= 0.6 is 15.9 Å². The first-order valence-electron chi connectivity index (χ1n) is 5.62. The van der Waals surface area contributed by atoms with Gasteiger partial charge in [0, 0.05) is 28.8 Å². The topological polar surface area (TPSA) is 25.4 Å². The summed E-state index contributed by atoms with van der Waals surface area (Å²) in [6.07, 6.45) is 4.45. The van der Waals surface area contributed by atoms with Gasteiger partial charge in [-0.2, -0.15) is 0 Å². The third-order valence-corrected chi connectivity index (χ3v) is 3.28. The number of aryl methyl sites for hydroxylation is 1. The lowest BCUT2D eigenvalue weighted by Gasteiger charge is -2.16. The highest BCUT2D eigenvalue weighted by molar-refractivity contribution is 9.10. The van der Waals surface area contributed by atoms with Crippen LogP contribution < -0.4 is 4.74 Å². The average molecular weight is 285 g/mol. The minimum Gasteiger partial charge on any atom is -0.476 e. The first kappa shape index (κ1) is 11.9. The summed E-state index contributed by atoms with van der Waals surface area (Å²) < 4.78 is 6.66. The molecule has 0 amide bonds. The van der Waals surface area contributed by atoms with Gasteiger partial charge in [0.25, 0.3) is 0 Å². The van der Waals surface area contributed by atoms with Gasteiger partial charge in [-0.15, -0.1) is 0 Å². The maximum Gasteiger partial charge on any atom is 0.216 e. The molecule has 0 aliphatic heterocycles. The van der Waals surface area contributed by atoms with E-state index in [1.54, 1.807) is 6.20 Å². The molecule has 0 aromatic carbocycles. The van der Waals surface area contributed by atoms with Crippen molar-refractivity contribution < 1.29 is 4.74 Å². The fourth-order valence-electron chi connectivity index (χ4n) is 1.66. The fraction of sp³-hybridized carbons (Fsp3) is 0.583. The van der Waals surface area contributed by atoms with Crippen molar-refractivity contribution in [1.29, 1.82) is 0 Å². The molecule has 0 spiro atoms. The van der Waals surface area contributed by atoms with Crippen LogP contribution in [0.2, 0.25) is 0 Å². The van der Waals surface area contributed by atoms with E-state index in [9.17, 15) is 0 Å². The van der Waals surface area contributed by atoms with Crippen LogP contribution in [0.4, 0.5) is 0 Å². The second-order valence-corrected chi connectivity index (χ2v) is 5.25. The minimum absolute atomic E-state index is 0.711. The summed E-state index contributed by atoms with van der Waals surface area (Å²) in [5, 5.41) is 0. The Balaban J connectivity index is 1.80. The van der Waals surface area contributed by atoms with Crippen LogP contribution in [0.1, 0.15) is 18.4 Å². The second-order valence-electron chi connectivity index (χ2n) is 4.34. The van der Waals surface area contributed by atoms with Gasteiger partial charge >= 0.3 is 0 Å². The molecule has 1 heterocycles. The highest BCUT2D eigenvalue weighted by atomic mass is 79.9. The van der Waals surface area contributed by atoms with Crippen molar-refractivity contribution in [3.05, 3.63) is 22.3 Å². The van der Waals surface area contributed by atoms with Crippen LogP contribution in [0.15, 0.2) is 16.7 Å². The van der Waals surface area contributed by atoms with E-state index in [1.807, 2.05) is 13.0 Å². The molecule has 16 heavy (non-hydrogen) atoms. The molecule has 88 valence electrons. The Morgan fingerprint density at radius 2 is 2.31 bits per heavy atom. The molecule has 0 bridgehead atoms. The zero-order valence-corrected chi connectivity index (χ0v) is 11.3. The molecule has 1 saturated carbocycles. The smallest absolute Gasteiger partial charge is 0.216 e. The number of rotatable bonds is 5. The standard InChI is InChI=1S/C12H17BrN2O/c1-9-7-10(13)8-14-12(9)16-6-5-15(2)11-3-4-11/h7-8,11H,3-6H2,1-2H3. The summed E-state index contributed by atoms with van der Waals surface area (Å²) in [5.41, 5.74) is 1.07. The van der Waals surface area contributed by atoms with Crippen molar-refractivity contribution in [2.45, 2.75) is 25.8 Å². The lowest BCUT2D eigenvalue weighted by molar-refractivity contribution is 0.225. The Morgan fingerprint density at radius 3 is 2.94 bits per heavy atom. The number of nitrogens with zero attached hydrogens (tertiary/aromatic N) is 2. The minimum atomic E-state index is 0.711. The Bertz CT molecular complexity index is 366. The van der Waals surface area contributed by atoms with Crippen molar-refractivity contribution in [3.63, 3.8) is 0 Å². The number of pyridine rings is 1. The van der Waals surface area contributed by atoms with E-state index < -0.39 is 0 Å². The summed E-state index contributed by atoms with van der Waals surface area (Å²) in [5.74, 6) is 0.743. The van der Waals surface area contributed by atoms with Crippen molar-refractivity contribution in [2.75, 3.05) is 20.2 Å². The van der Waals surface area contributed by atoms with Crippen LogP contribution in [0.3, 0.4) is 0 Å². The molecule has 1 aromatic heterocycles. The summed E-state index contributed by atoms with van der Waals surface area (Å²) in [4.78, 5) is 6.60. The van der Waals surface area contributed by atoms with E-state index in [0.717, 1.165) is 28.5 Å². The molecule has 0 saturated heterocycles. The molecule has 0 atom stereocenters. The predicted octanol–water partition coefficient (Wildman–Crippen LogP) is 2.63. The molecule has 1 aromatic rings. The molecule has 1 aliphatic rings. The number of hydrogen-bond acceptors (Lipinski definition) is 3. The van der Waals surface area contributed by atoms with Crippen LogP contribution in [0, 0.1) is 6.92 Å². The van der Waals surface area contributed by atoms with Crippen molar-refractivity contribution >= 4 is 15.9 Å². The highest BCUT2D eigenvalue weighted by Gasteiger charge is 2.25. The molecule has 2 rings (SSSR count). The number of halogens is 1. The van der Waals surface area contributed by atoms with Crippen molar-refractivity contribution in [1.82, 2.24) is 9.88 Å². The normalized spacial score (nSPS) is 15.5. The third kappa shape index (κ3) is 3.19. The SMILES string of the molecule is Cc1cc(Br)cnc1OCCN(C)C1CC1. The number of likely N-dealkylation sites (N-methyl/N-ethyl adjacent to an activating group) is 1. The second kappa shape index (κ2) is 5.15. The Labute approximate surface area is 105 Å². The van der Waals surface area contributed by atoms with Crippen molar-refractivity contribution in [2.24, 2.45) is 0 Å². The molecule has 4 heteroatoms. The van der Waals surface area contributed by atoms with Gasteiger partial charge in [-0.25, -0.2) is 4.98 Å². The van der Waals surface area contributed by atoms with Gasteiger partial charge in [-0.1, -0.05) is 0 Å². The van der Waals surface area contributed by atoms with Crippen LogP contribution in [0.5, 0.6) is 5.88 Å². The molecule has 1 aliphatic carbocycles. The summed E-state index contributed by atoms with van der Waals surface area (Å²) in [6.45, 7) is 3.70. The first-order valence-corrected chi connectivity index (χ1v) is 6.41. The predicted molar refractivity (Wildman–Crippen MR) is 67.8 cm³/mol. The van der Waals surface area contributed by atoms with Gasteiger partial charge in [0.2, 0.25) is 5.88 Å². The van der Waals surface area contributed by atoms with E-state index in [2.05, 4.69) is 32.9 Å². The summed E-state index contributed by atoms with van der Waals surface area (Å²) in [7, 11) is 2.16. The van der Waals surface area contributed by atoms with Gasteiger partial charge in [0.05, 0.1) is 0 Å². The largest absolute Gasteiger partial charge is 0.476 e. The van der Waals surface area contributed by atoms with Gasteiger partial charge in [-0.05, 0) is 48.8 Å². The van der Waals surface area contributed by atoms with E-state index >= 15 is 0 Å². The number of ether oxygens (including phenoxy) is 1. The molecule has 1 fully saturated rings. The molecule has 0 unspecified atom stereocenters. The van der Waals surface area contributed by atoms with E-state index in [0.29, 0.717) is 6.61 Å². The molecule has 0 radical (unpaired) electrons. The quantitative estimate of drug-likeness (QED) is 0.831. The zero-order chi connectivity index (χ0) is 11.5. The van der Waals surface area contributed by atoms with Crippen LogP contribution in [-0.4, -0.2) is 36.1 Å². The summed E-state index contributed by atoms with van der Waals surface area (Å²) >= 11 is 3.39. The first-order chi connectivity index (χ1) is 7.66. The lowest BCUT2D eigenvalue weighted by atomic mass is 10.3. The maximum absolute atomic E-state index is 5.67. The molecular formula is C12H17BrN2O. The van der Waals surface area contributed by atoms with E-state index in [-0.39, 0.29) is 0 Å². The monoisotopic (exact) mass is 284 g/mol. The Hall–Kier alpha value is -0.610. The highest BCUT2D eigenvalue weighted by Crippen LogP contribution is 2.25. The van der Waals surface area contributed by atoms with Crippen LogP contribution in [-0.2, 0) is 0 Å². The van der Waals surface area contributed by atoms with Crippen molar-refractivity contribution in [3.8, 4) is 5.88 Å². The lowest BCUT2D eigenvalue weighted by Crippen LogP contribution is -2.26. The van der Waals surface area contributed by atoms with E-state index in [1.165, 1.54) is 12.8 Å². The van der Waals surface area contributed by atoms with Crippen LogP contribution in [0.25, 0.3) is 0 Å².